The highest BCUT2D eigenvalue weighted by molar-refractivity contribution is 5.76. The summed E-state index contributed by atoms with van der Waals surface area (Å²) in [6.07, 6.45) is -0.520. The highest BCUT2D eigenvalue weighted by Crippen LogP contribution is 2.76. The van der Waals surface area contributed by atoms with Crippen LogP contribution >= 0.6 is 0 Å². The van der Waals surface area contributed by atoms with Crippen LogP contribution < -0.4 is 0 Å². The molecule has 17 atom stereocenters. The second-order valence-electron chi connectivity index (χ2n) is 20.6. The van der Waals surface area contributed by atoms with E-state index >= 15 is 0 Å². The minimum Gasteiger partial charge on any atom is -0.481 e. The fraction of sp³-hybridized carbons (Fsp3) is 0.905. The summed E-state index contributed by atoms with van der Waals surface area (Å²) in [4.78, 5) is 24.5. The molecule has 306 valence electrons. The number of hydrogen-bond acceptors (Lipinski definition) is 11. The van der Waals surface area contributed by atoms with Crippen molar-refractivity contribution in [3.8, 4) is 0 Å². The summed E-state index contributed by atoms with van der Waals surface area (Å²) in [7, 11) is 0. The van der Waals surface area contributed by atoms with Gasteiger partial charge in [-0.05, 0) is 121 Å². The first-order valence-corrected chi connectivity index (χ1v) is 20.5. The smallest absolute Gasteiger partial charge is 0.310 e. The average Bonchev–Trinajstić information content (AvgIpc) is 3.09. The van der Waals surface area contributed by atoms with Gasteiger partial charge in [-0.15, -0.1) is 0 Å². The maximum Gasteiger partial charge on any atom is 0.310 e. The first-order valence-electron chi connectivity index (χ1n) is 20.5. The van der Waals surface area contributed by atoms with Crippen LogP contribution in [0, 0.1) is 56.2 Å². The number of rotatable bonds is 7. The fourth-order valence-corrected chi connectivity index (χ4v) is 13.9. The Morgan fingerprint density at radius 3 is 2.24 bits per heavy atom. The Balaban J connectivity index is 1.12. The lowest BCUT2D eigenvalue weighted by molar-refractivity contribution is -0.343. The zero-order chi connectivity index (χ0) is 39.4. The Labute approximate surface area is 320 Å². The van der Waals surface area contributed by atoms with Crippen LogP contribution in [0.2, 0.25) is 0 Å². The third-order valence-corrected chi connectivity index (χ3v) is 17.4. The normalized spacial score (nSPS) is 52.4. The van der Waals surface area contributed by atoms with Crippen LogP contribution in [-0.2, 0) is 28.5 Å². The van der Waals surface area contributed by atoms with Crippen molar-refractivity contribution in [3.63, 3.8) is 0 Å². The van der Waals surface area contributed by atoms with Gasteiger partial charge < -0.3 is 49.6 Å². The number of fused-ring (bicyclic) bond motifs is 7. The van der Waals surface area contributed by atoms with Crippen LogP contribution in [0.3, 0.4) is 0 Å². The molecule has 0 aromatic heterocycles. The maximum atomic E-state index is 13.1. The molecule has 4 saturated carbocycles. The third-order valence-electron chi connectivity index (χ3n) is 17.4. The molecular formula is C42H66O12. The summed E-state index contributed by atoms with van der Waals surface area (Å²) in [6.45, 7) is 16.6. The van der Waals surface area contributed by atoms with E-state index in [1.165, 1.54) is 5.57 Å². The fourth-order valence-electron chi connectivity index (χ4n) is 13.9. The molecule has 2 aliphatic heterocycles. The zero-order valence-corrected chi connectivity index (χ0v) is 33.3. The lowest BCUT2D eigenvalue weighted by Gasteiger charge is -2.71. The van der Waals surface area contributed by atoms with E-state index in [2.05, 4.69) is 54.5 Å². The van der Waals surface area contributed by atoms with Gasteiger partial charge in [0.25, 0.3) is 6.47 Å². The average molecular weight is 763 g/mol. The summed E-state index contributed by atoms with van der Waals surface area (Å²) in [5, 5.41) is 64.1. The molecule has 5 aliphatic carbocycles. The van der Waals surface area contributed by atoms with Gasteiger partial charge in [-0.2, -0.15) is 0 Å². The SMILES string of the molecule is CC1(C)CC[C@]2(C(=O)O)CC[C@]3(C)C(=CCC4[C@@]5(C)CC[C@H](C[C@@H]6OC(OC=O)[C@@H](O)[C@H](O[C@@H]7OC[C@@H](O)[C@H](O)C7O)C6O)C(C)(C)C5CC[C@]43C)C2C1. The highest BCUT2D eigenvalue weighted by Gasteiger charge is 2.69. The van der Waals surface area contributed by atoms with Crippen LogP contribution in [-0.4, -0.2) is 105 Å². The van der Waals surface area contributed by atoms with Gasteiger partial charge in [0.1, 0.15) is 36.6 Å². The molecule has 0 spiro atoms. The van der Waals surface area contributed by atoms with E-state index < -0.39 is 66.7 Å². The van der Waals surface area contributed by atoms with Gasteiger partial charge in [-0.1, -0.05) is 60.1 Å². The number of carboxylic acids is 1. The number of carboxylic acid groups (broad SMARTS) is 1. The molecule has 0 bridgehead atoms. The van der Waals surface area contributed by atoms with Crippen molar-refractivity contribution in [2.75, 3.05) is 6.61 Å². The Hall–Kier alpha value is -1.64. The van der Waals surface area contributed by atoms with Crippen molar-refractivity contribution in [1.82, 2.24) is 0 Å². The number of hydrogen-bond donors (Lipinski definition) is 6. The monoisotopic (exact) mass is 762 g/mol. The predicted octanol–water partition coefficient (Wildman–Crippen LogP) is 4.32. The number of aliphatic hydroxyl groups excluding tert-OH is 5. The minimum absolute atomic E-state index is 0.0235. The molecule has 0 aromatic rings. The first kappa shape index (κ1) is 40.6. The number of carbonyl (C=O) groups excluding carboxylic acids is 1. The van der Waals surface area contributed by atoms with Crippen molar-refractivity contribution < 1.29 is 59.2 Å². The van der Waals surface area contributed by atoms with E-state index in [1.807, 2.05) is 0 Å². The van der Waals surface area contributed by atoms with E-state index in [0.29, 0.717) is 18.3 Å². The third kappa shape index (κ3) is 5.97. The van der Waals surface area contributed by atoms with Gasteiger partial charge in [0.2, 0.25) is 6.29 Å². The van der Waals surface area contributed by atoms with Gasteiger partial charge in [0.05, 0.1) is 18.1 Å². The second kappa shape index (κ2) is 13.7. The van der Waals surface area contributed by atoms with Gasteiger partial charge in [-0.3, -0.25) is 9.59 Å². The number of allylic oxidation sites excluding steroid dienone is 2. The van der Waals surface area contributed by atoms with Gasteiger partial charge in [0, 0.05) is 0 Å². The van der Waals surface area contributed by atoms with Crippen molar-refractivity contribution in [2.45, 2.75) is 174 Å². The molecule has 2 saturated heterocycles. The van der Waals surface area contributed by atoms with E-state index in [0.717, 1.165) is 64.2 Å². The second-order valence-corrected chi connectivity index (χ2v) is 20.6. The Morgan fingerprint density at radius 1 is 0.852 bits per heavy atom. The van der Waals surface area contributed by atoms with Crippen molar-refractivity contribution in [2.24, 2.45) is 56.2 Å². The maximum absolute atomic E-state index is 13.1. The zero-order valence-electron chi connectivity index (χ0n) is 33.3. The molecule has 0 radical (unpaired) electrons. The molecule has 0 aromatic carbocycles. The molecule has 0 amide bonds. The number of carbonyl (C=O) groups is 2. The summed E-state index contributed by atoms with van der Waals surface area (Å²) in [5.41, 5.74) is 0.677. The quantitative estimate of drug-likeness (QED) is 0.159. The summed E-state index contributed by atoms with van der Waals surface area (Å²) >= 11 is 0. The van der Waals surface area contributed by atoms with Crippen molar-refractivity contribution >= 4 is 12.4 Å². The van der Waals surface area contributed by atoms with Crippen LogP contribution in [0.5, 0.6) is 0 Å². The lowest BCUT2D eigenvalue weighted by Crippen LogP contribution is -2.65. The number of aliphatic carboxylic acids is 1. The first-order chi connectivity index (χ1) is 25.2. The van der Waals surface area contributed by atoms with Crippen LogP contribution in [0.15, 0.2) is 11.6 Å². The highest BCUT2D eigenvalue weighted by atomic mass is 16.7. The molecule has 7 rings (SSSR count). The molecule has 6 unspecified atom stereocenters. The molecule has 7 aliphatic rings. The Bertz CT molecular complexity index is 1480. The molecule has 12 nitrogen and oxygen atoms in total. The van der Waals surface area contributed by atoms with E-state index in [9.17, 15) is 40.2 Å². The Morgan fingerprint density at radius 2 is 1.56 bits per heavy atom. The largest absolute Gasteiger partial charge is 0.481 e. The summed E-state index contributed by atoms with van der Waals surface area (Å²) < 4.78 is 22.5. The number of ether oxygens (including phenoxy) is 4. The number of aliphatic hydroxyl groups is 5. The predicted molar refractivity (Wildman–Crippen MR) is 195 cm³/mol. The molecular weight excluding hydrogens is 696 g/mol. The van der Waals surface area contributed by atoms with Gasteiger partial charge in [0.15, 0.2) is 6.29 Å². The summed E-state index contributed by atoms with van der Waals surface area (Å²) in [6, 6.07) is 0. The van der Waals surface area contributed by atoms with E-state index in [-0.39, 0.29) is 52.0 Å². The van der Waals surface area contributed by atoms with E-state index in [4.69, 9.17) is 18.9 Å². The summed E-state index contributed by atoms with van der Waals surface area (Å²) in [5.74, 6) is 0.363. The molecule has 6 N–H and O–H groups in total. The molecule has 2 heterocycles. The molecule has 54 heavy (non-hydrogen) atoms. The van der Waals surface area contributed by atoms with Crippen molar-refractivity contribution in [1.29, 1.82) is 0 Å². The standard InChI is InChI=1S/C42H66O12/c1-37(2)14-16-42(36(49)50)17-15-40(6)23(24(42)19-37)8-9-28-39(5)12-10-22(38(3,4)27(39)11-13-41(28,40)7)18-26-30(46)33(32(48)35(53-26)52-21-43)54-34-31(47)29(45)25(44)20-51-34/h8,21-22,24-35,44-48H,9-20H2,1-7H3,(H,49,50)/t22-,24?,25-,26+,27?,28?,29+,30?,31?,32+,33-,34+,35?,39+,40-,41-,42+/m1/s1. The Kier molecular flexibility index (Phi) is 10.3. The minimum atomic E-state index is -1.64. The van der Waals surface area contributed by atoms with Gasteiger partial charge in [-0.25, -0.2) is 0 Å². The van der Waals surface area contributed by atoms with Crippen LogP contribution in [0.1, 0.15) is 119 Å². The van der Waals surface area contributed by atoms with E-state index in [1.54, 1.807) is 0 Å². The van der Waals surface area contributed by atoms with Gasteiger partial charge >= 0.3 is 5.97 Å². The van der Waals surface area contributed by atoms with Crippen molar-refractivity contribution in [3.05, 3.63) is 11.6 Å². The molecule has 12 heteroatoms. The molecule has 6 fully saturated rings. The topological polar surface area (TPSA) is 192 Å². The van der Waals surface area contributed by atoms with Crippen LogP contribution in [0.4, 0.5) is 0 Å². The van der Waals surface area contributed by atoms with Crippen LogP contribution in [0.25, 0.3) is 0 Å². The lowest BCUT2D eigenvalue weighted by atomic mass is 9.33.